The van der Waals surface area contributed by atoms with Crippen LogP contribution in [0.3, 0.4) is 0 Å². The first kappa shape index (κ1) is 21.1. The van der Waals surface area contributed by atoms with Crippen molar-refractivity contribution in [1.29, 1.82) is 0 Å². The average Bonchev–Trinajstić information content (AvgIpc) is 2.88. The second kappa shape index (κ2) is 8.67. The molecule has 1 heterocycles. The third-order valence-corrected chi connectivity index (χ3v) is 4.82. The lowest BCUT2D eigenvalue weighted by Crippen LogP contribution is -2.42. The second-order valence-electron chi connectivity index (χ2n) is 5.95. The smallest absolute Gasteiger partial charge is 0.328 e. The summed E-state index contributed by atoms with van der Waals surface area (Å²) in [7, 11) is 2.68. The number of benzene rings is 1. The van der Waals surface area contributed by atoms with Crippen LogP contribution in [0.5, 0.6) is 11.5 Å². The van der Waals surface area contributed by atoms with Crippen molar-refractivity contribution in [3.05, 3.63) is 27.6 Å². The lowest BCUT2D eigenvalue weighted by molar-refractivity contribution is -0.148. The highest BCUT2D eigenvalue weighted by molar-refractivity contribution is 8.18. The highest BCUT2D eigenvalue weighted by Crippen LogP contribution is 2.39. The van der Waals surface area contributed by atoms with E-state index in [1.54, 1.807) is 12.1 Å². The zero-order valence-corrected chi connectivity index (χ0v) is 17.1. The predicted octanol–water partition coefficient (Wildman–Crippen LogP) is 3.73. The summed E-state index contributed by atoms with van der Waals surface area (Å²) in [6.07, 6.45) is 1.42. The first-order valence-corrected chi connectivity index (χ1v) is 9.28. The first-order valence-electron chi connectivity index (χ1n) is 8.08. The van der Waals surface area contributed by atoms with E-state index in [-0.39, 0.29) is 11.0 Å². The van der Waals surface area contributed by atoms with Gasteiger partial charge in [-0.25, -0.2) is 4.79 Å². The lowest BCUT2D eigenvalue weighted by Gasteiger charge is -2.18. The maximum atomic E-state index is 12.6. The van der Waals surface area contributed by atoms with Crippen LogP contribution in [-0.2, 0) is 14.3 Å². The number of hydrogen-bond donors (Lipinski definition) is 0. The minimum absolute atomic E-state index is 0.0986. The molecule has 27 heavy (non-hydrogen) atoms. The Bertz CT molecular complexity index is 807. The number of amides is 2. The summed E-state index contributed by atoms with van der Waals surface area (Å²) in [4.78, 5) is 37.4. The van der Waals surface area contributed by atoms with Crippen LogP contribution < -0.4 is 9.47 Å². The second-order valence-corrected chi connectivity index (χ2v) is 7.35. The molecule has 1 aliphatic heterocycles. The molecule has 0 bridgehead atoms. The Morgan fingerprint density at radius 1 is 1.22 bits per heavy atom. The largest absolute Gasteiger partial charge is 0.493 e. The molecule has 1 unspecified atom stereocenters. The molecule has 0 aliphatic carbocycles. The Morgan fingerprint density at radius 3 is 2.44 bits per heavy atom. The Labute approximate surface area is 166 Å². The number of rotatable bonds is 6. The summed E-state index contributed by atoms with van der Waals surface area (Å²) >= 11 is 7.03. The third-order valence-electron chi connectivity index (χ3n) is 3.66. The Kier molecular flexibility index (Phi) is 6.78. The number of halogens is 1. The molecule has 2 rings (SSSR count). The van der Waals surface area contributed by atoms with Crippen LogP contribution >= 0.6 is 23.4 Å². The van der Waals surface area contributed by atoms with Crippen LogP contribution in [0.15, 0.2) is 17.0 Å². The van der Waals surface area contributed by atoms with E-state index in [2.05, 4.69) is 4.74 Å². The predicted molar refractivity (Wildman–Crippen MR) is 103 cm³/mol. The fourth-order valence-electron chi connectivity index (χ4n) is 2.41. The molecule has 0 radical (unpaired) electrons. The van der Waals surface area contributed by atoms with Crippen molar-refractivity contribution < 1.29 is 28.6 Å². The average molecular weight is 414 g/mol. The monoisotopic (exact) mass is 413 g/mol. The number of methoxy groups -OCH3 is 2. The zero-order chi connectivity index (χ0) is 20.3. The van der Waals surface area contributed by atoms with Gasteiger partial charge in [-0.1, -0.05) is 11.6 Å². The Morgan fingerprint density at radius 2 is 1.89 bits per heavy atom. The molecule has 1 aliphatic rings. The lowest BCUT2D eigenvalue weighted by atomic mass is 10.1. The van der Waals surface area contributed by atoms with Crippen LogP contribution in [0.1, 0.15) is 26.3 Å². The van der Waals surface area contributed by atoms with Gasteiger partial charge in [0.05, 0.1) is 30.3 Å². The number of carbonyl (C=O) groups excluding carboxylic acids is 3. The van der Waals surface area contributed by atoms with Gasteiger partial charge in [-0.15, -0.1) is 0 Å². The van der Waals surface area contributed by atoms with E-state index < -0.39 is 23.2 Å². The molecule has 0 spiro atoms. The molecule has 146 valence electrons. The number of hydrogen-bond acceptors (Lipinski definition) is 7. The summed E-state index contributed by atoms with van der Waals surface area (Å²) in [5.41, 5.74) is 0.559. The minimum Gasteiger partial charge on any atom is -0.493 e. The summed E-state index contributed by atoms with van der Waals surface area (Å²) in [5.74, 6) is -0.428. The highest BCUT2D eigenvalue weighted by Gasteiger charge is 2.41. The maximum Gasteiger partial charge on any atom is 0.328 e. The quantitative estimate of drug-likeness (QED) is 0.519. The van der Waals surface area contributed by atoms with Crippen molar-refractivity contribution in [3.8, 4) is 11.5 Å². The minimum atomic E-state index is -1.01. The molecule has 7 nitrogen and oxygen atoms in total. The molecule has 1 atom stereocenters. The standard InChI is InChI=1S/C18H20ClNO6S/c1-9(2)26-15-12(19)6-11(7-13(15)24-4)8-14-16(21)20(18(23)27-14)10(3)17(22)25-5/h6-10H,1-5H3/b14-8+. The molecular formula is C18H20ClNO6S. The number of thioether (sulfide) groups is 1. The van der Waals surface area contributed by atoms with Crippen LogP contribution in [-0.4, -0.2) is 48.4 Å². The molecular weight excluding hydrogens is 394 g/mol. The summed E-state index contributed by atoms with van der Waals surface area (Å²) in [6, 6.07) is 2.26. The van der Waals surface area contributed by atoms with Crippen molar-refractivity contribution >= 4 is 46.6 Å². The first-order chi connectivity index (χ1) is 12.7. The number of imide groups is 1. The van der Waals surface area contributed by atoms with Crippen LogP contribution in [0.25, 0.3) is 6.08 Å². The van der Waals surface area contributed by atoms with Crippen molar-refractivity contribution in [2.24, 2.45) is 0 Å². The van der Waals surface area contributed by atoms with Crippen molar-refractivity contribution in [2.75, 3.05) is 14.2 Å². The van der Waals surface area contributed by atoms with Gasteiger partial charge in [-0.3, -0.25) is 14.5 Å². The Hall–Kier alpha value is -2.19. The Balaban J connectivity index is 2.36. The topological polar surface area (TPSA) is 82.1 Å². The van der Waals surface area contributed by atoms with E-state index >= 15 is 0 Å². The number of nitrogens with zero attached hydrogens (tertiary/aromatic N) is 1. The molecule has 2 amide bonds. The van der Waals surface area contributed by atoms with Gasteiger partial charge in [0.2, 0.25) is 0 Å². The van der Waals surface area contributed by atoms with E-state index in [9.17, 15) is 14.4 Å². The van der Waals surface area contributed by atoms with E-state index in [0.717, 1.165) is 16.7 Å². The number of esters is 1. The van der Waals surface area contributed by atoms with E-state index in [1.807, 2.05) is 13.8 Å². The molecule has 0 aromatic heterocycles. The molecule has 1 aromatic rings. The van der Waals surface area contributed by atoms with Gasteiger partial charge in [0.15, 0.2) is 11.5 Å². The van der Waals surface area contributed by atoms with Crippen LogP contribution in [0, 0.1) is 0 Å². The summed E-state index contributed by atoms with van der Waals surface area (Å²) in [5, 5.41) is -0.224. The van der Waals surface area contributed by atoms with Gasteiger partial charge in [-0.2, -0.15) is 0 Å². The van der Waals surface area contributed by atoms with E-state index in [4.69, 9.17) is 21.1 Å². The maximum absolute atomic E-state index is 12.6. The third kappa shape index (κ3) is 4.56. The fourth-order valence-corrected chi connectivity index (χ4v) is 3.59. The van der Waals surface area contributed by atoms with Gasteiger partial charge >= 0.3 is 5.97 Å². The zero-order valence-electron chi connectivity index (χ0n) is 15.6. The van der Waals surface area contributed by atoms with Crippen LogP contribution in [0.2, 0.25) is 5.02 Å². The molecule has 0 saturated carbocycles. The van der Waals surface area contributed by atoms with Crippen molar-refractivity contribution in [3.63, 3.8) is 0 Å². The van der Waals surface area contributed by atoms with Gasteiger partial charge in [0, 0.05) is 0 Å². The number of carbonyl (C=O) groups is 3. The normalized spacial score (nSPS) is 16.9. The van der Waals surface area contributed by atoms with Gasteiger partial charge in [-0.05, 0) is 56.3 Å². The van der Waals surface area contributed by atoms with Gasteiger partial charge < -0.3 is 14.2 Å². The van der Waals surface area contributed by atoms with Crippen molar-refractivity contribution in [2.45, 2.75) is 32.9 Å². The number of ether oxygens (including phenoxy) is 3. The molecule has 1 fully saturated rings. The fraction of sp³-hybridized carbons (Fsp3) is 0.389. The molecule has 1 saturated heterocycles. The van der Waals surface area contributed by atoms with Gasteiger partial charge in [0.1, 0.15) is 6.04 Å². The molecule has 1 aromatic carbocycles. The van der Waals surface area contributed by atoms with E-state index in [0.29, 0.717) is 22.1 Å². The summed E-state index contributed by atoms with van der Waals surface area (Å²) in [6.45, 7) is 5.16. The molecule has 9 heteroatoms. The van der Waals surface area contributed by atoms with Crippen LogP contribution in [0.4, 0.5) is 4.79 Å². The van der Waals surface area contributed by atoms with E-state index in [1.165, 1.54) is 27.2 Å². The van der Waals surface area contributed by atoms with Crippen molar-refractivity contribution in [1.82, 2.24) is 4.90 Å². The highest BCUT2D eigenvalue weighted by atomic mass is 35.5. The van der Waals surface area contributed by atoms with Gasteiger partial charge in [0.25, 0.3) is 11.1 Å². The summed E-state index contributed by atoms with van der Waals surface area (Å²) < 4.78 is 15.6. The molecule has 0 N–H and O–H groups in total. The SMILES string of the molecule is COC(=O)C(C)N1C(=O)S/C(=C/c2cc(Cl)c(OC(C)C)c(OC)c2)C1=O.